The molecule has 0 aromatic heterocycles. The molecule has 0 saturated heterocycles. The van der Waals surface area contributed by atoms with Crippen molar-refractivity contribution in [3.63, 3.8) is 0 Å². The van der Waals surface area contributed by atoms with Crippen LogP contribution >= 0.6 is 0 Å². The molecule has 1 saturated carbocycles. The molecular weight excluding hydrogens is 507 g/mol. The van der Waals surface area contributed by atoms with Crippen LogP contribution in [0.25, 0.3) is 11.1 Å². The first-order valence-corrected chi connectivity index (χ1v) is 12.6. The first-order valence-electron chi connectivity index (χ1n) is 12.6. The predicted molar refractivity (Wildman–Crippen MR) is 125 cm³/mol. The first kappa shape index (κ1) is 29.4. The quantitative estimate of drug-likeness (QED) is 0.209. The molecule has 2 aromatic rings. The van der Waals surface area contributed by atoms with Crippen LogP contribution in [0.3, 0.4) is 0 Å². The summed E-state index contributed by atoms with van der Waals surface area (Å²) in [6.45, 7) is 2.19. The van der Waals surface area contributed by atoms with Gasteiger partial charge in [0.1, 0.15) is 0 Å². The molecule has 0 nitrogen and oxygen atoms in total. The average Bonchev–Trinajstić information content (AvgIpc) is 2.86. The Hall–Kier alpha value is -2.19. The van der Waals surface area contributed by atoms with Gasteiger partial charge >= 0.3 is 23.9 Å². The zero-order chi connectivity index (χ0) is 27.5. The summed E-state index contributed by atoms with van der Waals surface area (Å²) in [4.78, 5) is 0. The maximum absolute atomic E-state index is 14.2. The van der Waals surface area contributed by atoms with Gasteiger partial charge in [0, 0.05) is 5.56 Å². The molecule has 0 amide bonds. The molecule has 206 valence electrons. The van der Waals surface area contributed by atoms with E-state index in [0.29, 0.717) is 29.2 Å². The fourth-order valence-electron chi connectivity index (χ4n) is 5.02. The van der Waals surface area contributed by atoms with Gasteiger partial charge in [0.25, 0.3) is 0 Å². The third kappa shape index (κ3) is 6.11. The highest BCUT2D eigenvalue weighted by molar-refractivity contribution is 5.64. The van der Waals surface area contributed by atoms with Crippen molar-refractivity contribution in [2.24, 2.45) is 5.92 Å². The zero-order valence-electron chi connectivity index (χ0n) is 20.5. The Balaban J connectivity index is 1.65. The Morgan fingerprint density at radius 2 is 1.14 bits per heavy atom. The molecule has 3 rings (SSSR count). The van der Waals surface area contributed by atoms with Gasteiger partial charge in [-0.05, 0) is 54.2 Å². The number of hydrogen-bond donors (Lipinski definition) is 0. The van der Waals surface area contributed by atoms with Crippen LogP contribution in [0.4, 0.5) is 39.5 Å². The second kappa shape index (κ2) is 11.3. The van der Waals surface area contributed by atoms with Crippen molar-refractivity contribution in [1.82, 2.24) is 0 Å². The lowest BCUT2D eigenvalue weighted by Crippen LogP contribution is -2.59. The number of rotatable bonds is 10. The van der Waals surface area contributed by atoms with E-state index in [0.717, 1.165) is 36.5 Å². The largest absolute Gasteiger partial charge is 0.460 e. The molecule has 0 aliphatic heterocycles. The van der Waals surface area contributed by atoms with Crippen LogP contribution in [0.15, 0.2) is 48.5 Å². The minimum atomic E-state index is -6.91. The van der Waals surface area contributed by atoms with Crippen molar-refractivity contribution in [3.05, 3.63) is 59.7 Å². The van der Waals surface area contributed by atoms with E-state index in [2.05, 4.69) is 6.92 Å². The number of benzene rings is 2. The summed E-state index contributed by atoms with van der Waals surface area (Å²) in [5.74, 6) is -18.2. The van der Waals surface area contributed by atoms with E-state index in [1.165, 1.54) is 44.9 Å². The van der Waals surface area contributed by atoms with Crippen LogP contribution in [0.1, 0.15) is 81.8 Å². The van der Waals surface area contributed by atoms with Crippen molar-refractivity contribution in [2.45, 2.75) is 94.6 Å². The lowest BCUT2D eigenvalue weighted by atomic mass is 9.77. The summed E-state index contributed by atoms with van der Waals surface area (Å²) < 4.78 is 119. The molecule has 0 radical (unpaired) electrons. The Bertz CT molecular complexity index is 984. The molecule has 1 aliphatic rings. The zero-order valence-corrected chi connectivity index (χ0v) is 20.5. The smallest absolute Gasteiger partial charge is 0.194 e. The van der Waals surface area contributed by atoms with Gasteiger partial charge in [-0.2, -0.15) is 39.5 Å². The SMILES string of the molecule is CCCCCCC1CCC(c2ccc(-c3ccc(C(F)(F)C(F)(F)C(F)(F)C(F)(F)F)cc3)cc2)CC1. The topological polar surface area (TPSA) is 0 Å². The Morgan fingerprint density at radius 3 is 1.62 bits per heavy atom. The van der Waals surface area contributed by atoms with E-state index >= 15 is 0 Å². The summed E-state index contributed by atoms with van der Waals surface area (Å²) in [6, 6.07) is 10.3. The molecular formula is C28H31F9. The molecule has 1 fully saturated rings. The molecule has 2 aromatic carbocycles. The van der Waals surface area contributed by atoms with Gasteiger partial charge in [0.15, 0.2) is 0 Å². The summed E-state index contributed by atoms with van der Waals surface area (Å²) in [5, 5.41) is 0. The molecule has 0 unspecified atom stereocenters. The number of hydrogen-bond acceptors (Lipinski definition) is 0. The normalized spacial score (nSPS) is 19.7. The second-order valence-electron chi connectivity index (χ2n) is 9.99. The highest BCUT2D eigenvalue weighted by atomic mass is 19.4. The van der Waals surface area contributed by atoms with Crippen molar-refractivity contribution in [1.29, 1.82) is 0 Å². The van der Waals surface area contributed by atoms with Crippen LogP contribution in [0.5, 0.6) is 0 Å². The van der Waals surface area contributed by atoms with Crippen molar-refractivity contribution in [3.8, 4) is 11.1 Å². The van der Waals surface area contributed by atoms with E-state index in [4.69, 9.17) is 0 Å². The van der Waals surface area contributed by atoms with Crippen molar-refractivity contribution in [2.75, 3.05) is 0 Å². The molecule has 37 heavy (non-hydrogen) atoms. The Morgan fingerprint density at radius 1 is 0.622 bits per heavy atom. The fraction of sp³-hybridized carbons (Fsp3) is 0.571. The minimum absolute atomic E-state index is 0.341. The maximum atomic E-state index is 14.2. The molecule has 0 atom stereocenters. The van der Waals surface area contributed by atoms with Crippen molar-refractivity contribution >= 4 is 0 Å². The van der Waals surface area contributed by atoms with Crippen LogP contribution in [-0.2, 0) is 5.92 Å². The van der Waals surface area contributed by atoms with Gasteiger partial charge in [-0.1, -0.05) is 87.6 Å². The second-order valence-corrected chi connectivity index (χ2v) is 9.99. The number of alkyl halides is 9. The number of halogens is 9. The maximum Gasteiger partial charge on any atom is 0.460 e. The first-order chi connectivity index (χ1) is 17.2. The van der Waals surface area contributed by atoms with Crippen LogP contribution in [0, 0.1) is 5.92 Å². The van der Waals surface area contributed by atoms with E-state index in [9.17, 15) is 39.5 Å². The molecule has 0 spiro atoms. The Kier molecular flexibility index (Phi) is 8.95. The minimum Gasteiger partial charge on any atom is -0.194 e. The van der Waals surface area contributed by atoms with Gasteiger partial charge in [0.2, 0.25) is 0 Å². The van der Waals surface area contributed by atoms with Gasteiger partial charge < -0.3 is 0 Å². The lowest BCUT2D eigenvalue weighted by molar-refractivity contribution is -0.399. The molecule has 0 bridgehead atoms. The fourth-order valence-corrected chi connectivity index (χ4v) is 5.02. The molecule has 0 N–H and O–H groups in total. The summed E-state index contributed by atoms with van der Waals surface area (Å²) in [7, 11) is 0. The Labute approximate surface area is 211 Å². The van der Waals surface area contributed by atoms with E-state index in [-0.39, 0.29) is 0 Å². The van der Waals surface area contributed by atoms with Crippen LogP contribution in [-0.4, -0.2) is 18.0 Å². The van der Waals surface area contributed by atoms with Gasteiger partial charge in [0.05, 0.1) is 0 Å². The lowest BCUT2D eigenvalue weighted by Gasteiger charge is -2.33. The summed E-state index contributed by atoms with van der Waals surface area (Å²) in [6.07, 6.45) is 3.97. The molecule has 0 heterocycles. The molecule has 9 heteroatoms. The molecule has 1 aliphatic carbocycles. The number of unbranched alkanes of at least 4 members (excludes halogenated alkanes) is 3. The van der Waals surface area contributed by atoms with E-state index in [1.54, 1.807) is 12.1 Å². The predicted octanol–water partition coefficient (Wildman–Crippen LogP) is 10.5. The van der Waals surface area contributed by atoms with Gasteiger partial charge in [-0.3, -0.25) is 0 Å². The highest BCUT2D eigenvalue weighted by Crippen LogP contribution is 2.56. The van der Waals surface area contributed by atoms with E-state index < -0.39 is 29.5 Å². The average molecular weight is 539 g/mol. The van der Waals surface area contributed by atoms with E-state index in [1.807, 2.05) is 12.1 Å². The highest BCUT2D eigenvalue weighted by Gasteiger charge is 2.82. The standard InChI is InChI=1S/C28H31F9/c1-2-3-4-5-6-19-7-9-20(10-8-19)21-11-13-22(14-12-21)23-15-17-24(18-16-23)25(29,30)26(31,32)27(33,34)28(35,36)37/h11-20H,2-10H2,1H3. The summed E-state index contributed by atoms with van der Waals surface area (Å²) in [5.41, 5.74) is 0.432. The third-order valence-corrected chi connectivity index (χ3v) is 7.42. The third-order valence-electron chi connectivity index (χ3n) is 7.42. The van der Waals surface area contributed by atoms with Crippen LogP contribution in [0.2, 0.25) is 0 Å². The monoisotopic (exact) mass is 538 g/mol. The van der Waals surface area contributed by atoms with Gasteiger partial charge in [-0.15, -0.1) is 0 Å². The van der Waals surface area contributed by atoms with Gasteiger partial charge in [-0.25, -0.2) is 0 Å². The van der Waals surface area contributed by atoms with Crippen LogP contribution < -0.4 is 0 Å². The van der Waals surface area contributed by atoms with Crippen molar-refractivity contribution < 1.29 is 39.5 Å². The summed E-state index contributed by atoms with van der Waals surface area (Å²) >= 11 is 0.